The minimum absolute atomic E-state index is 0.710. The first-order chi connectivity index (χ1) is 3.41. The van der Waals surface area contributed by atoms with Gasteiger partial charge in [0.15, 0.2) is 0 Å². The van der Waals surface area contributed by atoms with Crippen molar-refractivity contribution >= 4 is 0 Å². The molecule has 0 aromatic rings. The Bertz CT molecular complexity index is 75.9. The quantitative estimate of drug-likeness (QED) is 0.467. The fraction of sp³-hybridized carbons (Fsp3) is 0.500. The van der Waals surface area contributed by atoms with E-state index < -0.39 is 0 Å². The molecule has 1 nitrogen and oxygen atoms in total. The zero-order valence-electron chi connectivity index (χ0n) is 4.62. The molecule has 0 aromatic carbocycles. The van der Waals surface area contributed by atoms with Crippen LogP contribution in [0.2, 0.25) is 0 Å². The second-order valence-electron chi connectivity index (χ2n) is 1.13. The van der Waals surface area contributed by atoms with E-state index in [0.717, 1.165) is 6.54 Å². The number of nitrogens with one attached hydrogen (secondary N) is 1. The molecule has 1 heteroatoms. The van der Waals surface area contributed by atoms with Crippen molar-refractivity contribution < 1.29 is 0 Å². The lowest BCUT2D eigenvalue weighted by molar-refractivity contribution is 0.937. The summed E-state index contributed by atoms with van der Waals surface area (Å²) < 4.78 is 0. The van der Waals surface area contributed by atoms with Gasteiger partial charge in [-0.25, -0.2) is 0 Å². The highest BCUT2D eigenvalue weighted by Crippen LogP contribution is 1.62. The third-order valence-corrected chi connectivity index (χ3v) is 0.515. The van der Waals surface area contributed by atoms with Gasteiger partial charge in [0.05, 0.1) is 6.54 Å². The Hall–Kier alpha value is -0.480. The Kier molecular flexibility index (Phi) is 5.14. The van der Waals surface area contributed by atoms with Crippen LogP contribution < -0.4 is 5.32 Å². The molecule has 0 unspecified atom stereocenters. The predicted octanol–water partition coefficient (Wildman–Crippen LogP) is 0.433. The van der Waals surface area contributed by atoms with E-state index in [1.807, 2.05) is 7.05 Å². The van der Waals surface area contributed by atoms with Gasteiger partial charge in [0.2, 0.25) is 0 Å². The molecule has 7 heavy (non-hydrogen) atoms. The molecule has 0 fully saturated rings. The molecule has 0 saturated heterocycles. The zero-order chi connectivity index (χ0) is 5.54. The maximum absolute atomic E-state index is 3.56. The molecule has 0 rings (SSSR count). The van der Waals surface area contributed by atoms with E-state index in [1.165, 1.54) is 0 Å². The van der Waals surface area contributed by atoms with Gasteiger partial charge in [-0.1, -0.05) is 5.92 Å². The van der Waals surface area contributed by atoms with Crippen LogP contribution in [0.1, 0.15) is 6.42 Å². The van der Waals surface area contributed by atoms with E-state index >= 15 is 0 Å². The molecule has 0 aromatic heterocycles. The topological polar surface area (TPSA) is 12.0 Å². The summed E-state index contributed by atoms with van der Waals surface area (Å²) >= 11 is 0. The molecule has 0 aliphatic carbocycles. The lowest BCUT2D eigenvalue weighted by atomic mass is 10.5. The number of rotatable bonds is 1. The summed E-state index contributed by atoms with van der Waals surface area (Å²) in [5.41, 5.74) is 0. The average molecular weight is 96.2 g/mol. The molecule has 1 radical (unpaired) electrons. The molecule has 0 heterocycles. The monoisotopic (exact) mass is 96.1 g/mol. The smallest absolute Gasteiger partial charge is 0.0574 e. The molecule has 0 saturated carbocycles. The van der Waals surface area contributed by atoms with E-state index in [-0.39, 0.29) is 0 Å². The fourth-order valence-corrected chi connectivity index (χ4v) is 0.239. The van der Waals surface area contributed by atoms with E-state index in [0.29, 0.717) is 6.42 Å². The van der Waals surface area contributed by atoms with Crippen LogP contribution in [-0.2, 0) is 0 Å². The number of hydrogen-bond acceptors (Lipinski definition) is 1. The Labute approximate surface area is 45.1 Å². The molecule has 0 amide bonds. The summed E-state index contributed by atoms with van der Waals surface area (Å²) in [5, 5.41) is 2.90. The molecule has 1 N–H and O–H groups in total. The normalized spacial score (nSPS) is 7.14. The van der Waals surface area contributed by atoms with Crippen molar-refractivity contribution in [2.24, 2.45) is 0 Å². The first-order valence-electron chi connectivity index (χ1n) is 2.31. The van der Waals surface area contributed by atoms with Crippen molar-refractivity contribution in [1.29, 1.82) is 0 Å². The first-order valence-corrected chi connectivity index (χ1v) is 2.31. The Morgan fingerprint density at radius 2 is 2.29 bits per heavy atom. The van der Waals surface area contributed by atoms with Crippen molar-refractivity contribution in [2.45, 2.75) is 6.42 Å². The minimum atomic E-state index is 0.710. The summed E-state index contributed by atoms with van der Waals surface area (Å²) in [6, 6.07) is 0. The van der Waals surface area contributed by atoms with Crippen molar-refractivity contribution in [1.82, 2.24) is 5.32 Å². The molecule has 39 valence electrons. The maximum Gasteiger partial charge on any atom is 0.0574 e. The Balaban J connectivity index is 2.91. The van der Waals surface area contributed by atoms with Crippen molar-refractivity contribution in [3.05, 3.63) is 6.92 Å². The van der Waals surface area contributed by atoms with E-state index in [2.05, 4.69) is 24.1 Å². The van der Waals surface area contributed by atoms with Gasteiger partial charge in [-0.2, -0.15) is 0 Å². The predicted molar refractivity (Wildman–Crippen MR) is 31.7 cm³/mol. The van der Waals surface area contributed by atoms with Gasteiger partial charge in [-0.05, 0) is 14.0 Å². The number of hydrogen-bond donors (Lipinski definition) is 1. The Morgan fingerprint density at radius 3 is 2.71 bits per heavy atom. The highest BCUT2D eigenvalue weighted by Gasteiger charge is 1.62. The van der Waals surface area contributed by atoms with Gasteiger partial charge in [-0.15, -0.1) is 5.92 Å². The van der Waals surface area contributed by atoms with Crippen molar-refractivity contribution in [3.8, 4) is 11.8 Å². The van der Waals surface area contributed by atoms with E-state index in [1.54, 1.807) is 0 Å². The summed E-state index contributed by atoms with van der Waals surface area (Å²) in [6.07, 6.45) is 0.710. The van der Waals surface area contributed by atoms with Crippen LogP contribution >= 0.6 is 0 Å². The maximum atomic E-state index is 3.56. The lowest BCUT2D eigenvalue weighted by Gasteiger charge is -1.79. The highest BCUT2D eigenvalue weighted by atomic mass is 14.8. The Morgan fingerprint density at radius 1 is 1.57 bits per heavy atom. The average Bonchev–Trinajstić information content (AvgIpc) is 1.69. The summed E-state index contributed by atoms with van der Waals surface area (Å²) in [4.78, 5) is 0. The largest absolute Gasteiger partial charge is 0.309 e. The van der Waals surface area contributed by atoms with Crippen LogP contribution in [0.4, 0.5) is 0 Å². The van der Waals surface area contributed by atoms with Crippen LogP contribution in [0.3, 0.4) is 0 Å². The fourth-order valence-electron chi connectivity index (χ4n) is 0.239. The van der Waals surface area contributed by atoms with Gasteiger partial charge in [0.25, 0.3) is 0 Å². The molecular weight excluding hydrogens is 86.1 g/mol. The summed E-state index contributed by atoms with van der Waals surface area (Å²) in [5.74, 6) is 5.69. The molecular formula is C6H10N. The first kappa shape index (κ1) is 6.52. The second-order valence-corrected chi connectivity index (χ2v) is 1.13. The summed E-state index contributed by atoms with van der Waals surface area (Å²) in [7, 11) is 1.87. The lowest BCUT2D eigenvalue weighted by Crippen LogP contribution is -2.04. The summed E-state index contributed by atoms with van der Waals surface area (Å²) in [6.45, 7) is 4.33. The standard InChI is InChI=1S/C6H10N/c1-3-4-5-6-7-2/h7H,1,3,6H2,2H3. The second kappa shape index (κ2) is 5.52. The van der Waals surface area contributed by atoms with Crippen LogP contribution in [-0.4, -0.2) is 13.6 Å². The van der Waals surface area contributed by atoms with E-state index in [4.69, 9.17) is 0 Å². The van der Waals surface area contributed by atoms with Gasteiger partial charge >= 0.3 is 0 Å². The van der Waals surface area contributed by atoms with Crippen LogP contribution in [0.25, 0.3) is 0 Å². The molecule has 0 spiro atoms. The van der Waals surface area contributed by atoms with Gasteiger partial charge in [-0.3, -0.25) is 0 Å². The molecule has 0 bridgehead atoms. The van der Waals surface area contributed by atoms with Gasteiger partial charge < -0.3 is 5.32 Å². The van der Waals surface area contributed by atoms with Crippen molar-refractivity contribution in [2.75, 3.05) is 13.6 Å². The van der Waals surface area contributed by atoms with Crippen LogP contribution in [0.5, 0.6) is 0 Å². The minimum Gasteiger partial charge on any atom is -0.309 e. The van der Waals surface area contributed by atoms with Crippen molar-refractivity contribution in [3.63, 3.8) is 0 Å². The molecule has 0 aliphatic rings. The van der Waals surface area contributed by atoms with Gasteiger partial charge in [0, 0.05) is 6.42 Å². The van der Waals surface area contributed by atoms with E-state index in [9.17, 15) is 0 Å². The van der Waals surface area contributed by atoms with Crippen LogP contribution in [0, 0.1) is 18.8 Å². The molecule has 0 atom stereocenters. The van der Waals surface area contributed by atoms with Gasteiger partial charge in [0.1, 0.15) is 0 Å². The zero-order valence-corrected chi connectivity index (χ0v) is 4.62. The third kappa shape index (κ3) is 5.52. The molecule has 0 aliphatic heterocycles. The third-order valence-electron chi connectivity index (χ3n) is 0.515. The SMILES string of the molecule is [CH2]CC#CCNC. The highest BCUT2D eigenvalue weighted by molar-refractivity contribution is 5.00. The van der Waals surface area contributed by atoms with Crippen LogP contribution in [0.15, 0.2) is 0 Å².